The van der Waals surface area contributed by atoms with E-state index in [1.54, 1.807) is 11.3 Å². The molecule has 0 saturated heterocycles. The van der Waals surface area contributed by atoms with E-state index in [9.17, 15) is 0 Å². The van der Waals surface area contributed by atoms with Crippen molar-refractivity contribution in [1.29, 1.82) is 0 Å². The van der Waals surface area contributed by atoms with Crippen LogP contribution in [-0.2, 0) is 13.0 Å². The van der Waals surface area contributed by atoms with E-state index in [2.05, 4.69) is 44.3 Å². The molecule has 0 aliphatic heterocycles. The van der Waals surface area contributed by atoms with Gasteiger partial charge < -0.3 is 9.88 Å². The zero-order valence-corrected chi connectivity index (χ0v) is 13.1. The lowest BCUT2D eigenvalue weighted by atomic mass is 10.2. The largest absolute Gasteiger partial charge is 0.311 e. The third-order valence-corrected chi connectivity index (χ3v) is 4.74. The van der Waals surface area contributed by atoms with Crippen LogP contribution in [0.25, 0.3) is 0 Å². The topological polar surface area (TPSA) is 55.6 Å². The Labute approximate surface area is 123 Å². The lowest BCUT2D eigenvalue weighted by Crippen LogP contribution is -2.21. The average molecular weight is 291 g/mol. The van der Waals surface area contributed by atoms with Gasteiger partial charge in [-0.1, -0.05) is 6.92 Å². The highest BCUT2D eigenvalue weighted by Gasteiger charge is 2.28. The first kappa shape index (κ1) is 13.7. The second kappa shape index (κ2) is 5.61. The molecule has 1 atom stereocenters. The Kier molecular flexibility index (Phi) is 3.85. The van der Waals surface area contributed by atoms with Crippen LogP contribution in [0.3, 0.4) is 0 Å². The molecule has 108 valence electrons. The molecule has 1 aliphatic rings. The first-order valence-corrected chi connectivity index (χ1v) is 8.15. The summed E-state index contributed by atoms with van der Waals surface area (Å²) in [4.78, 5) is 4.63. The van der Waals surface area contributed by atoms with Crippen molar-refractivity contribution in [1.82, 2.24) is 25.1 Å². The second-order valence-corrected chi connectivity index (χ2v) is 6.33. The summed E-state index contributed by atoms with van der Waals surface area (Å²) in [6, 6.07) is 0.874. The summed E-state index contributed by atoms with van der Waals surface area (Å²) in [7, 11) is 0. The van der Waals surface area contributed by atoms with Gasteiger partial charge in [0.25, 0.3) is 0 Å². The minimum absolute atomic E-state index is 0.246. The predicted octanol–water partition coefficient (Wildman–Crippen LogP) is 2.79. The molecule has 0 spiro atoms. The number of aryl methyl sites for hydroxylation is 2. The van der Waals surface area contributed by atoms with Crippen LogP contribution < -0.4 is 5.32 Å². The van der Waals surface area contributed by atoms with E-state index in [1.165, 1.54) is 17.8 Å². The maximum atomic E-state index is 4.63. The van der Waals surface area contributed by atoms with Crippen molar-refractivity contribution >= 4 is 11.3 Å². The SMILES string of the molecule is CCc1nc([C@H](C)NCc2nnc(C)n2C2CC2)cs1. The highest BCUT2D eigenvalue weighted by molar-refractivity contribution is 7.09. The van der Waals surface area contributed by atoms with E-state index in [4.69, 9.17) is 0 Å². The van der Waals surface area contributed by atoms with Crippen molar-refractivity contribution in [3.63, 3.8) is 0 Å². The van der Waals surface area contributed by atoms with Crippen molar-refractivity contribution in [2.75, 3.05) is 0 Å². The van der Waals surface area contributed by atoms with Gasteiger partial charge in [-0.15, -0.1) is 21.5 Å². The molecule has 6 heteroatoms. The van der Waals surface area contributed by atoms with Gasteiger partial charge in [-0.2, -0.15) is 0 Å². The molecular formula is C14H21N5S. The number of aromatic nitrogens is 4. The quantitative estimate of drug-likeness (QED) is 0.889. The lowest BCUT2D eigenvalue weighted by molar-refractivity contribution is 0.526. The Hall–Kier alpha value is -1.27. The summed E-state index contributed by atoms with van der Waals surface area (Å²) in [6.07, 6.45) is 3.52. The molecule has 1 aliphatic carbocycles. The maximum absolute atomic E-state index is 4.63. The summed E-state index contributed by atoms with van der Waals surface area (Å²) in [6.45, 7) is 7.07. The molecule has 0 aromatic carbocycles. The van der Waals surface area contributed by atoms with Gasteiger partial charge in [-0.25, -0.2) is 4.98 Å². The van der Waals surface area contributed by atoms with Gasteiger partial charge in [0.05, 0.1) is 17.2 Å². The van der Waals surface area contributed by atoms with Crippen LogP contribution in [0.2, 0.25) is 0 Å². The first-order valence-electron chi connectivity index (χ1n) is 7.27. The van der Waals surface area contributed by atoms with Crippen LogP contribution in [0.5, 0.6) is 0 Å². The molecule has 2 aromatic heterocycles. The van der Waals surface area contributed by atoms with E-state index < -0.39 is 0 Å². The molecule has 0 amide bonds. The molecule has 20 heavy (non-hydrogen) atoms. The third-order valence-electron chi connectivity index (χ3n) is 3.73. The highest BCUT2D eigenvalue weighted by Crippen LogP contribution is 2.36. The maximum Gasteiger partial charge on any atom is 0.147 e. The monoisotopic (exact) mass is 291 g/mol. The summed E-state index contributed by atoms with van der Waals surface area (Å²) in [5.74, 6) is 2.07. The number of hydrogen-bond donors (Lipinski definition) is 1. The first-order chi connectivity index (χ1) is 9.69. The Morgan fingerprint density at radius 1 is 1.45 bits per heavy atom. The number of nitrogens with zero attached hydrogens (tertiary/aromatic N) is 4. The molecule has 1 N–H and O–H groups in total. The normalized spacial score (nSPS) is 16.6. The van der Waals surface area contributed by atoms with Gasteiger partial charge in [-0.05, 0) is 33.1 Å². The second-order valence-electron chi connectivity index (χ2n) is 5.39. The molecule has 2 aromatic rings. The fraction of sp³-hybridized carbons (Fsp3) is 0.643. The Morgan fingerprint density at radius 3 is 2.90 bits per heavy atom. The van der Waals surface area contributed by atoms with Crippen LogP contribution >= 0.6 is 11.3 Å². The standard InChI is InChI=1S/C14H21N5S/c1-4-14-16-12(8-20-14)9(2)15-7-13-18-17-10(3)19(13)11-5-6-11/h8-9,11,15H,4-7H2,1-3H3/t9-/m0/s1. The lowest BCUT2D eigenvalue weighted by Gasteiger charge is -2.12. The van der Waals surface area contributed by atoms with Gasteiger partial charge in [0.2, 0.25) is 0 Å². The molecule has 3 rings (SSSR count). The molecule has 5 nitrogen and oxygen atoms in total. The summed E-state index contributed by atoms with van der Waals surface area (Å²) < 4.78 is 2.28. The molecule has 1 fully saturated rings. The van der Waals surface area contributed by atoms with Crippen LogP contribution in [0.15, 0.2) is 5.38 Å². The smallest absolute Gasteiger partial charge is 0.147 e. The summed E-state index contributed by atoms with van der Waals surface area (Å²) in [5, 5.41) is 15.4. The van der Waals surface area contributed by atoms with E-state index in [0.29, 0.717) is 6.04 Å². The Balaban J connectivity index is 1.64. The third kappa shape index (κ3) is 2.76. The Morgan fingerprint density at radius 2 is 2.25 bits per heavy atom. The van der Waals surface area contributed by atoms with Crippen LogP contribution in [0.4, 0.5) is 0 Å². The molecule has 0 bridgehead atoms. The van der Waals surface area contributed by atoms with Gasteiger partial charge in [0, 0.05) is 17.5 Å². The zero-order chi connectivity index (χ0) is 14.1. The number of nitrogens with one attached hydrogen (secondary N) is 1. The van der Waals surface area contributed by atoms with Gasteiger partial charge in [-0.3, -0.25) is 0 Å². The molecule has 1 saturated carbocycles. The van der Waals surface area contributed by atoms with Crippen molar-refractivity contribution in [2.24, 2.45) is 0 Å². The molecular weight excluding hydrogens is 270 g/mol. The van der Waals surface area contributed by atoms with Gasteiger partial charge >= 0.3 is 0 Å². The van der Waals surface area contributed by atoms with E-state index in [1.807, 2.05) is 6.92 Å². The number of rotatable bonds is 6. The van der Waals surface area contributed by atoms with Crippen molar-refractivity contribution < 1.29 is 0 Å². The van der Waals surface area contributed by atoms with Crippen LogP contribution in [0, 0.1) is 6.92 Å². The fourth-order valence-corrected chi connectivity index (χ4v) is 3.22. The minimum Gasteiger partial charge on any atom is -0.311 e. The highest BCUT2D eigenvalue weighted by atomic mass is 32.1. The van der Waals surface area contributed by atoms with E-state index >= 15 is 0 Å². The molecule has 2 heterocycles. The summed E-state index contributed by atoms with van der Waals surface area (Å²) in [5.41, 5.74) is 1.13. The molecule has 0 radical (unpaired) electrons. The van der Waals surface area contributed by atoms with E-state index in [-0.39, 0.29) is 6.04 Å². The summed E-state index contributed by atoms with van der Waals surface area (Å²) >= 11 is 1.74. The zero-order valence-electron chi connectivity index (χ0n) is 12.3. The fourth-order valence-electron chi connectivity index (χ4n) is 2.38. The van der Waals surface area contributed by atoms with Crippen LogP contribution in [-0.4, -0.2) is 19.7 Å². The number of hydrogen-bond acceptors (Lipinski definition) is 5. The number of thiazole rings is 1. The predicted molar refractivity (Wildman–Crippen MR) is 79.8 cm³/mol. The minimum atomic E-state index is 0.246. The van der Waals surface area contributed by atoms with Crippen molar-refractivity contribution in [3.8, 4) is 0 Å². The van der Waals surface area contributed by atoms with Crippen LogP contribution in [0.1, 0.15) is 61.1 Å². The Bertz CT molecular complexity index is 584. The van der Waals surface area contributed by atoms with Gasteiger partial charge in [0.1, 0.15) is 11.6 Å². The average Bonchev–Trinajstić information content (AvgIpc) is 3.04. The van der Waals surface area contributed by atoms with Gasteiger partial charge in [0.15, 0.2) is 0 Å². The van der Waals surface area contributed by atoms with E-state index in [0.717, 1.165) is 30.3 Å². The molecule has 0 unspecified atom stereocenters. The van der Waals surface area contributed by atoms with Crippen molar-refractivity contribution in [2.45, 2.75) is 58.7 Å². The van der Waals surface area contributed by atoms with Crippen molar-refractivity contribution in [3.05, 3.63) is 27.7 Å².